The predicted octanol–water partition coefficient (Wildman–Crippen LogP) is 7.34. The molecule has 9 nitrogen and oxygen atoms in total. The van der Waals surface area contributed by atoms with Crippen LogP contribution in [0.15, 0.2) is 94.7 Å². The Morgan fingerprint density at radius 3 is 2.38 bits per heavy atom. The Balaban J connectivity index is 1.67. The second-order valence-corrected chi connectivity index (χ2v) is 12.7. The Labute approximate surface area is 257 Å². The Bertz CT molecular complexity index is 1730. The van der Waals surface area contributed by atoms with Gasteiger partial charge >= 0.3 is 0 Å². The van der Waals surface area contributed by atoms with Gasteiger partial charge in [0.2, 0.25) is 5.91 Å². The number of halogens is 2. The summed E-state index contributed by atoms with van der Waals surface area (Å²) in [5.74, 6) is 0.0919. The average Bonchev–Trinajstić information content (AvgIpc) is 2.96. The van der Waals surface area contributed by atoms with Crippen molar-refractivity contribution in [3.05, 3.63) is 116 Å². The maximum absolute atomic E-state index is 13.9. The Morgan fingerprint density at radius 1 is 1.00 bits per heavy atom. The van der Waals surface area contributed by atoms with Gasteiger partial charge in [-0.3, -0.25) is 19.2 Å². The molecule has 13 heteroatoms. The van der Waals surface area contributed by atoms with Crippen LogP contribution in [0.2, 0.25) is 10.0 Å². The van der Waals surface area contributed by atoms with Gasteiger partial charge in [0.15, 0.2) is 0 Å². The number of nitro benzene ring substituents is 1. The van der Waals surface area contributed by atoms with Crippen LogP contribution in [0.1, 0.15) is 11.1 Å². The Morgan fingerprint density at radius 2 is 1.69 bits per heavy atom. The minimum absolute atomic E-state index is 0.00576. The highest BCUT2D eigenvalue weighted by atomic mass is 35.5. The van der Waals surface area contributed by atoms with Crippen LogP contribution >= 0.6 is 35.0 Å². The molecule has 0 aliphatic carbocycles. The predicted molar refractivity (Wildman–Crippen MR) is 166 cm³/mol. The van der Waals surface area contributed by atoms with Crippen molar-refractivity contribution in [3.8, 4) is 5.75 Å². The summed E-state index contributed by atoms with van der Waals surface area (Å²) in [7, 11) is -3.16. The third-order valence-corrected chi connectivity index (χ3v) is 9.52. The number of hydrogen-bond donors (Lipinski definition) is 1. The number of nitrogens with one attached hydrogen (secondary N) is 1. The number of rotatable bonds is 11. The number of nitrogens with zero attached hydrogens (tertiary/aromatic N) is 2. The topological polar surface area (TPSA) is 119 Å². The minimum Gasteiger partial charge on any atom is -0.495 e. The van der Waals surface area contributed by atoms with E-state index in [0.717, 1.165) is 20.8 Å². The third-order valence-electron chi connectivity index (χ3n) is 6.13. The number of carbonyl (C=O) groups excluding carboxylic acids is 1. The Kier molecular flexibility index (Phi) is 10.00. The lowest BCUT2D eigenvalue weighted by Gasteiger charge is -2.26. The standard InChI is InChI=1S/C29H25Cl2N3O6S2/c1-19-7-13-23(16-25(19)34(36)37)42(38,39)33(26-15-22(31)12-14-27(26)40-2)17-29(35)32-24-5-3-4-6-28(24)41-18-20-8-10-21(30)11-9-20/h3-16H,17-18H2,1-2H3,(H,32,35). The van der Waals surface area contributed by atoms with E-state index < -0.39 is 27.4 Å². The van der Waals surface area contributed by atoms with Crippen LogP contribution in [-0.2, 0) is 20.6 Å². The minimum atomic E-state index is -4.51. The third kappa shape index (κ3) is 7.35. The first kappa shape index (κ1) is 31.2. The molecule has 0 spiro atoms. The molecule has 1 amide bonds. The number of thioether (sulfide) groups is 1. The quantitative estimate of drug-likeness (QED) is 0.103. The average molecular weight is 647 g/mol. The first-order valence-corrected chi connectivity index (χ1v) is 15.5. The molecule has 218 valence electrons. The van der Waals surface area contributed by atoms with Crippen LogP contribution < -0.4 is 14.4 Å². The summed E-state index contributed by atoms with van der Waals surface area (Å²) in [5, 5.41) is 15.2. The monoisotopic (exact) mass is 645 g/mol. The second-order valence-electron chi connectivity index (χ2n) is 8.99. The molecular formula is C29H25Cl2N3O6S2. The molecule has 0 unspecified atom stereocenters. The van der Waals surface area contributed by atoms with E-state index in [9.17, 15) is 23.3 Å². The normalized spacial score (nSPS) is 11.1. The Hall–Kier alpha value is -3.77. The van der Waals surface area contributed by atoms with E-state index in [1.807, 2.05) is 24.3 Å². The molecule has 4 aromatic carbocycles. The number of aryl methyl sites for hydroxylation is 1. The second kappa shape index (κ2) is 13.5. The number of hydrogen-bond acceptors (Lipinski definition) is 7. The molecule has 0 atom stereocenters. The van der Waals surface area contributed by atoms with Gasteiger partial charge in [0, 0.05) is 32.3 Å². The zero-order valence-corrected chi connectivity index (χ0v) is 25.6. The lowest BCUT2D eigenvalue weighted by molar-refractivity contribution is -0.385. The number of nitro groups is 1. The van der Waals surface area contributed by atoms with Crippen molar-refractivity contribution in [1.82, 2.24) is 0 Å². The van der Waals surface area contributed by atoms with E-state index >= 15 is 0 Å². The van der Waals surface area contributed by atoms with Gasteiger partial charge in [0.25, 0.3) is 15.7 Å². The number of methoxy groups -OCH3 is 1. The molecule has 4 rings (SSSR count). The molecule has 0 bridgehead atoms. The van der Waals surface area contributed by atoms with E-state index in [1.165, 1.54) is 56.1 Å². The summed E-state index contributed by atoms with van der Waals surface area (Å²) in [6, 6.07) is 22.5. The summed E-state index contributed by atoms with van der Waals surface area (Å²) in [6.45, 7) is 0.832. The summed E-state index contributed by atoms with van der Waals surface area (Å²) in [6.07, 6.45) is 0. The highest BCUT2D eigenvalue weighted by molar-refractivity contribution is 7.98. The van der Waals surface area contributed by atoms with Crippen molar-refractivity contribution in [3.63, 3.8) is 0 Å². The smallest absolute Gasteiger partial charge is 0.273 e. The molecule has 1 N–H and O–H groups in total. The number of ether oxygens (including phenoxy) is 1. The van der Waals surface area contributed by atoms with E-state index in [1.54, 1.807) is 24.3 Å². The molecular weight excluding hydrogens is 621 g/mol. The van der Waals surface area contributed by atoms with Crippen LogP contribution in [0.5, 0.6) is 5.75 Å². The molecule has 0 saturated heterocycles. The molecule has 4 aromatic rings. The number of sulfonamides is 1. The summed E-state index contributed by atoms with van der Waals surface area (Å²) < 4.78 is 34.1. The zero-order chi connectivity index (χ0) is 30.4. The lowest BCUT2D eigenvalue weighted by atomic mass is 10.2. The van der Waals surface area contributed by atoms with Crippen LogP contribution in [-0.4, -0.2) is 32.9 Å². The van der Waals surface area contributed by atoms with Crippen molar-refractivity contribution in [2.45, 2.75) is 22.5 Å². The summed E-state index contributed by atoms with van der Waals surface area (Å²) in [5.41, 5.74) is 1.43. The lowest BCUT2D eigenvalue weighted by Crippen LogP contribution is -2.38. The van der Waals surface area contributed by atoms with E-state index in [2.05, 4.69) is 5.32 Å². The summed E-state index contributed by atoms with van der Waals surface area (Å²) in [4.78, 5) is 24.7. The van der Waals surface area contributed by atoms with Crippen molar-refractivity contribution in [2.75, 3.05) is 23.3 Å². The van der Waals surface area contributed by atoms with Gasteiger partial charge in [-0.1, -0.05) is 53.5 Å². The van der Waals surface area contributed by atoms with Crippen molar-refractivity contribution in [1.29, 1.82) is 0 Å². The molecule has 0 fully saturated rings. The molecule has 0 heterocycles. The first-order chi connectivity index (χ1) is 20.0. The molecule has 0 saturated carbocycles. The summed E-state index contributed by atoms with van der Waals surface area (Å²) >= 11 is 13.7. The fourth-order valence-electron chi connectivity index (χ4n) is 3.99. The fourth-order valence-corrected chi connectivity index (χ4v) is 6.69. The molecule has 0 aromatic heterocycles. The van der Waals surface area contributed by atoms with E-state index in [4.69, 9.17) is 27.9 Å². The molecule has 0 aliphatic rings. The highest BCUT2D eigenvalue weighted by Crippen LogP contribution is 2.36. The maximum Gasteiger partial charge on any atom is 0.273 e. The number of anilines is 2. The van der Waals surface area contributed by atoms with Crippen LogP contribution in [0, 0.1) is 17.0 Å². The maximum atomic E-state index is 13.9. The van der Waals surface area contributed by atoms with Crippen LogP contribution in [0.25, 0.3) is 0 Å². The van der Waals surface area contributed by atoms with Gasteiger partial charge < -0.3 is 10.1 Å². The fraction of sp³-hybridized carbons (Fsp3) is 0.138. The molecule has 0 radical (unpaired) electrons. The van der Waals surface area contributed by atoms with Gasteiger partial charge in [-0.25, -0.2) is 8.42 Å². The van der Waals surface area contributed by atoms with E-state index in [-0.39, 0.29) is 32.6 Å². The number of amides is 1. The van der Waals surface area contributed by atoms with Gasteiger partial charge in [-0.15, -0.1) is 11.8 Å². The number of carbonyl (C=O) groups is 1. The number of benzene rings is 4. The van der Waals surface area contributed by atoms with Gasteiger partial charge in [0.05, 0.1) is 28.3 Å². The molecule has 0 aliphatic heterocycles. The van der Waals surface area contributed by atoms with Gasteiger partial charge in [-0.05, 0) is 61.0 Å². The van der Waals surface area contributed by atoms with Crippen LogP contribution in [0.3, 0.4) is 0 Å². The van der Waals surface area contributed by atoms with Crippen molar-refractivity contribution in [2.24, 2.45) is 0 Å². The van der Waals surface area contributed by atoms with Crippen molar-refractivity contribution < 1.29 is 22.9 Å². The van der Waals surface area contributed by atoms with Gasteiger partial charge in [-0.2, -0.15) is 0 Å². The molecule has 42 heavy (non-hydrogen) atoms. The number of para-hydroxylation sites is 1. The van der Waals surface area contributed by atoms with Gasteiger partial charge in [0.1, 0.15) is 12.3 Å². The van der Waals surface area contributed by atoms with Crippen molar-refractivity contribution >= 4 is 68.0 Å². The SMILES string of the molecule is COc1ccc(Cl)cc1N(CC(=O)Nc1ccccc1SCc1ccc(Cl)cc1)S(=O)(=O)c1ccc(C)c([N+](=O)[O-])c1. The van der Waals surface area contributed by atoms with E-state index in [0.29, 0.717) is 16.5 Å². The first-order valence-electron chi connectivity index (χ1n) is 12.4. The van der Waals surface area contributed by atoms with Crippen LogP contribution in [0.4, 0.5) is 17.1 Å². The zero-order valence-electron chi connectivity index (χ0n) is 22.4. The highest BCUT2D eigenvalue weighted by Gasteiger charge is 2.31. The largest absolute Gasteiger partial charge is 0.495 e.